The van der Waals surface area contributed by atoms with Gasteiger partial charge in [-0.2, -0.15) is 0 Å². The van der Waals surface area contributed by atoms with Crippen molar-refractivity contribution in [3.63, 3.8) is 0 Å². The third kappa shape index (κ3) is 4.75. The van der Waals surface area contributed by atoms with Crippen molar-refractivity contribution in [3.05, 3.63) is 109 Å². The summed E-state index contributed by atoms with van der Waals surface area (Å²) in [5, 5.41) is 2.33. The minimum atomic E-state index is -0.671. The van der Waals surface area contributed by atoms with Gasteiger partial charge in [-0.1, -0.05) is 47.7 Å². The third-order valence-electron chi connectivity index (χ3n) is 7.50. The fourth-order valence-corrected chi connectivity index (χ4v) is 6.79. The standard InChI is InChI=1S/C34H33N3O4S/c1-6-36-27-11-9-8-10-25(27)26-18-22(12-17-28(26)36)19-29-32(38)37-31(23-13-15-24(16-14-23)40-7-2)30(33(39)41-20(3)4)21(5)35-34(37)42-29/h8-20,31H,6-7H2,1-5H3/b29-19+/t31-/m0/s1. The van der Waals surface area contributed by atoms with E-state index in [2.05, 4.69) is 47.9 Å². The summed E-state index contributed by atoms with van der Waals surface area (Å²) in [7, 11) is 0. The average molecular weight is 580 g/mol. The molecule has 0 aliphatic carbocycles. The highest BCUT2D eigenvalue weighted by Crippen LogP contribution is 2.32. The Hall–Kier alpha value is -4.43. The van der Waals surface area contributed by atoms with Crippen LogP contribution in [0, 0.1) is 0 Å². The Labute approximate surface area is 247 Å². The molecular formula is C34H33N3O4S. The van der Waals surface area contributed by atoms with Crippen LogP contribution in [0.3, 0.4) is 0 Å². The highest BCUT2D eigenvalue weighted by molar-refractivity contribution is 7.07. The zero-order valence-corrected chi connectivity index (χ0v) is 25.2. The molecule has 3 heterocycles. The van der Waals surface area contributed by atoms with E-state index in [0.29, 0.717) is 27.2 Å². The van der Waals surface area contributed by atoms with Gasteiger partial charge in [-0.3, -0.25) is 9.36 Å². The highest BCUT2D eigenvalue weighted by atomic mass is 32.1. The van der Waals surface area contributed by atoms with E-state index in [9.17, 15) is 9.59 Å². The highest BCUT2D eigenvalue weighted by Gasteiger charge is 2.33. The number of nitrogens with zero attached hydrogens (tertiary/aromatic N) is 3. The largest absolute Gasteiger partial charge is 0.494 e. The van der Waals surface area contributed by atoms with Gasteiger partial charge in [-0.25, -0.2) is 9.79 Å². The SMILES string of the molecule is CCOc1ccc([C@H]2C(C(=O)OC(C)C)=C(C)N=c3s/c(=C/c4ccc5c(c4)c4ccccc4n5CC)c(=O)n32)cc1. The summed E-state index contributed by atoms with van der Waals surface area (Å²) in [6, 6.07) is 21.5. The summed E-state index contributed by atoms with van der Waals surface area (Å²) in [6.07, 6.45) is 1.61. The first-order chi connectivity index (χ1) is 20.3. The molecule has 0 saturated heterocycles. The Bertz CT molecular complexity index is 2040. The summed E-state index contributed by atoms with van der Waals surface area (Å²) < 4.78 is 15.7. The van der Waals surface area contributed by atoms with E-state index in [1.807, 2.05) is 57.2 Å². The Kier molecular flexibility index (Phi) is 7.33. The van der Waals surface area contributed by atoms with Crippen molar-refractivity contribution < 1.29 is 14.3 Å². The maximum absolute atomic E-state index is 14.1. The zero-order valence-electron chi connectivity index (χ0n) is 24.4. The Morgan fingerprint density at radius 3 is 2.48 bits per heavy atom. The second kappa shape index (κ2) is 11.1. The first kappa shape index (κ1) is 27.7. The number of thiazole rings is 1. The van der Waals surface area contributed by atoms with Gasteiger partial charge in [-0.05, 0) is 82.2 Å². The van der Waals surface area contributed by atoms with Gasteiger partial charge in [0.15, 0.2) is 4.80 Å². The monoisotopic (exact) mass is 579 g/mol. The number of hydrogen-bond acceptors (Lipinski definition) is 6. The molecule has 0 spiro atoms. The van der Waals surface area contributed by atoms with E-state index in [-0.39, 0.29) is 11.7 Å². The predicted molar refractivity (Wildman–Crippen MR) is 168 cm³/mol. The lowest BCUT2D eigenvalue weighted by Crippen LogP contribution is -2.40. The van der Waals surface area contributed by atoms with Crippen LogP contribution in [-0.4, -0.2) is 27.8 Å². The van der Waals surface area contributed by atoms with Gasteiger partial charge in [0.25, 0.3) is 5.56 Å². The molecule has 3 aromatic carbocycles. The van der Waals surface area contributed by atoms with Gasteiger partial charge in [0.2, 0.25) is 0 Å². The number of rotatable bonds is 7. The lowest BCUT2D eigenvalue weighted by atomic mass is 9.96. The number of aryl methyl sites for hydroxylation is 1. The molecule has 1 aliphatic heterocycles. The van der Waals surface area contributed by atoms with Crippen LogP contribution in [0.4, 0.5) is 0 Å². The summed E-state index contributed by atoms with van der Waals surface area (Å²) in [4.78, 5) is 32.7. The topological polar surface area (TPSA) is 74.8 Å². The Morgan fingerprint density at radius 1 is 1.02 bits per heavy atom. The number of carbonyl (C=O) groups is 1. The van der Waals surface area contributed by atoms with E-state index in [4.69, 9.17) is 14.5 Å². The molecule has 5 aromatic rings. The van der Waals surface area contributed by atoms with Crippen LogP contribution >= 0.6 is 11.3 Å². The molecule has 7 nitrogen and oxygen atoms in total. The molecule has 42 heavy (non-hydrogen) atoms. The third-order valence-corrected chi connectivity index (χ3v) is 8.48. The number of esters is 1. The van der Waals surface area contributed by atoms with E-state index in [1.54, 1.807) is 11.5 Å². The smallest absolute Gasteiger partial charge is 0.338 e. The summed E-state index contributed by atoms with van der Waals surface area (Å²) >= 11 is 1.33. The molecule has 0 unspecified atom stereocenters. The molecule has 6 rings (SSSR count). The molecule has 0 fully saturated rings. The van der Waals surface area contributed by atoms with Gasteiger partial charge in [0.1, 0.15) is 5.75 Å². The molecule has 0 saturated carbocycles. The van der Waals surface area contributed by atoms with Gasteiger partial charge in [0.05, 0.1) is 34.6 Å². The number of benzene rings is 3. The van der Waals surface area contributed by atoms with E-state index in [0.717, 1.165) is 34.3 Å². The maximum atomic E-state index is 14.1. The fourth-order valence-electron chi connectivity index (χ4n) is 5.74. The second-order valence-corrected chi connectivity index (χ2v) is 11.6. The van der Waals surface area contributed by atoms with Crippen molar-refractivity contribution >= 4 is 45.2 Å². The number of aromatic nitrogens is 2. The maximum Gasteiger partial charge on any atom is 0.338 e. The van der Waals surface area contributed by atoms with Crippen molar-refractivity contribution in [3.8, 4) is 5.75 Å². The normalized spacial score (nSPS) is 15.4. The fraction of sp³-hybridized carbons (Fsp3) is 0.265. The number of para-hydroxylation sites is 1. The van der Waals surface area contributed by atoms with Crippen molar-refractivity contribution in [1.29, 1.82) is 0 Å². The molecule has 0 N–H and O–H groups in total. The number of hydrogen-bond donors (Lipinski definition) is 0. The molecular weight excluding hydrogens is 546 g/mol. The zero-order chi connectivity index (χ0) is 29.5. The van der Waals surface area contributed by atoms with Gasteiger partial charge < -0.3 is 14.0 Å². The van der Waals surface area contributed by atoms with Crippen LogP contribution in [0.15, 0.2) is 87.8 Å². The molecule has 214 valence electrons. The van der Waals surface area contributed by atoms with Crippen LogP contribution in [-0.2, 0) is 16.1 Å². The summed E-state index contributed by atoms with van der Waals surface area (Å²) in [6.45, 7) is 10.9. The van der Waals surface area contributed by atoms with E-state index in [1.165, 1.54) is 22.2 Å². The van der Waals surface area contributed by atoms with Gasteiger partial charge >= 0.3 is 5.97 Å². The van der Waals surface area contributed by atoms with Crippen LogP contribution in [0.5, 0.6) is 5.75 Å². The Morgan fingerprint density at radius 2 is 1.76 bits per heavy atom. The molecule has 1 atom stereocenters. The number of ether oxygens (including phenoxy) is 2. The first-order valence-electron chi connectivity index (χ1n) is 14.3. The van der Waals surface area contributed by atoms with Crippen LogP contribution in [0.2, 0.25) is 0 Å². The molecule has 8 heteroatoms. The lowest BCUT2D eigenvalue weighted by molar-refractivity contribution is -0.143. The van der Waals surface area contributed by atoms with E-state index >= 15 is 0 Å². The minimum absolute atomic E-state index is 0.198. The number of allylic oxidation sites excluding steroid dienone is 1. The summed E-state index contributed by atoms with van der Waals surface area (Å²) in [5.74, 6) is 0.248. The number of fused-ring (bicyclic) bond motifs is 4. The molecule has 0 amide bonds. The quantitative estimate of drug-likeness (QED) is 0.232. The average Bonchev–Trinajstić information content (AvgIpc) is 3.45. The van der Waals surface area contributed by atoms with Gasteiger partial charge in [0, 0.05) is 28.4 Å². The van der Waals surface area contributed by atoms with Crippen molar-refractivity contribution in [2.24, 2.45) is 4.99 Å². The molecule has 2 aromatic heterocycles. The van der Waals surface area contributed by atoms with Crippen LogP contribution in [0.1, 0.15) is 51.8 Å². The minimum Gasteiger partial charge on any atom is -0.494 e. The second-order valence-electron chi connectivity index (χ2n) is 10.6. The van der Waals surface area contributed by atoms with Crippen molar-refractivity contribution in [2.75, 3.05) is 6.61 Å². The van der Waals surface area contributed by atoms with Crippen molar-refractivity contribution in [2.45, 2.75) is 53.3 Å². The number of carbonyl (C=O) groups excluding carboxylic acids is 1. The molecule has 1 aliphatic rings. The van der Waals surface area contributed by atoms with Crippen molar-refractivity contribution in [1.82, 2.24) is 9.13 Å². The molecule has 0 radical (unpaired) electrons. The van der Waals surface area contributed by atoms with E-state index < -0.39 is 12.0 Å². The van der Waals surface area contributed by atoms with Crippen LogP contribution < -0.4 is 19.6 Å². The predicted octanol–water partition coefficient (Wildman–Crippen LogP) is 5.71. The first-order valence-corrected chi connectivity index (χ1v) is 15.1. The Balaban J connectivity index is 1.52. The summed E-state index contributed by atoms with van der Waals surface area (Å²) in [5.41, 5.74) is 4.78. The lowest BCUT2D eigenvalue weighted by Gasteiger charge is -2.25. The van der Waals surface area contributed by atoms with Crippen LogP contribution in [0.25, 0.3) is 27.9 Å². The molecule has 0 bridgehead atoms. The van der Waals surface area contributed by atoms with Gasteiger partial charge in [-0.15, -0.1) is 0 Å².